The molecule has 84 valence electrons. The zero-order valence-electron chi connectivity index (χ0n) is 9.31. The SMILES string of the molecule is C/C=C\C=NNC(=O)c1cccc(OC)c1. The van der Waals surface area contributed by atoms with Crippen LogP contribution in [0.15, 0.2) is 41.5 Å². The minimum atomic E-state index is -0.264. The number of benzene rings is 1. The molecule has 4 nitrogen and oxygen atoms in total. The van der Waals surface area contributed by atoms with E-state index >= 15 is 0 Å². The Balaban J connectivity index is 2.65. The van der Waals surface area contributed by atoms with Crippen LogP contribution >= 0.6 is 0 Å². The summed E-state index contributed by atoms with van der Waals surface area (Å²) in [6, 6.07) is 6.88. The number of nitrogens with zero attached hydrogens (tertiary/aromatic N) is 1. The van der Waals surface area contributed by atoms with Gasteiger partial charge in [0, 0.05) is 11.8 Å². The molecule has 0 saturated heterocycles. The van der Waals surface area contributed by atoms with Crippen molar-refractivity contribution in [3.8, 4) is 5.75 Å². The maximum atomic E-state index is 11.6. The van der Waals surface area contributed by atoms with Crippen LogP contribution in [0, 0.1) is 0 Å². The normalized spacial score (nSPS) is 10.9. The van der Waals surface area contributed by atoms with Crippen molar-refractivity contribution in [2.75, 3.05) is 7.11 Å². The number of carbonyl (C=O) groups excluding carboxylic acids is 1. The molecule has 1 rings (SSSR count). The van der Waals surface area contributed by atoms with Crippen LogP contribution in [0.4, 0.5) is 0 Å². The van der Waals surface area contributed by atoms with E-state index in [4.69, 9.17) is 4.74 Å². The van der Waals surface area contributed by atoms with Crippen molar-refractivity contribution in [1.82, 2.24) is 5.43 Å². The molecule has 0 heterocycles. The average Bonchev–Trinajstić information content (AvgIpc) is 2.34. The molecule has 0 aromatic heterocycles. The van der Waals surface area contributed by atoms with E-state index in [9.17, 15) is 4.79 Å². The van der Waals surface area contributed by atoms with E-state index in [0.29, 0.717) is 11.3 Å². The Morgan fingerprint density at radius 3 is 3.00 bits per heavy atom. The van der Waals surface area contributed by atoms with Gasteiger partial charge in [-0.05, 0) is 31.2 Å². The number of hydrogen-bond acceptors (Lipinski definition) is 3. The molecule has 0 aliphatic heterocycles. The molecule has 16 heavy (non-hydrogen) atoms. The number of ether oxygens (including phenoxy) is 1. The van der Waals surface area contributed by atoms with Crippen LogP contribution in [-0.4, -0.2) is 19.2 Å². The van der Waals surface area contributed by atoms with Gasteiger partial charge in [0.25, 0.3) is 5.91 Å². The number of hydrazone groups is 1. The molecule has 0 atom stereocenters. The number of nitrogens with one attached hydrogen (secondary N) is 1. The highest BCUT2D eigenvalue weighted by Gasteiger charge is 2.04. The minimum Gasteiger partial charge on any atom is -0.497 e. The highest BCUT2D eigenvalue weighted by molar-refractivity contribution is 5.94. The quantitative estimate of drug-likeness (QED) is 0.620. The van der Waals surface area contributed by atoms with E-state index in [1.807, 2.05) is 13.0 Å². The van der Waals surface area contributed by atoms with E-state index < -0.39 is 0 Å². The first-order valence-electron chi connectivity index (χ1n) is 4.86. The second kappa shape index (κ2) is 6.40. The van der Waals surface area contributed by atoms with Crippen LogP contribution in [0.3, 0.4) is 0 Å². The standard InChI is InChI=1S/C12H14N2O2/c1-3-4-8-13-14-12(15)10-6-5-7-11(9-10)16-2/h3-9H,1-2H3,(H,14,15)/b4-3-,13-8?. The van der Waals surface area contributed by atoms with Crippen molar-refractivity contribution in [1.29, 1.82) is 0 Å². The number of amides is 1. The van der Waals surface area contributed by atoms with Crippen molar-refractivity contribution >= 4 is 12.1 Å². The van der Waals surface area contributed by atoms with Gasteiger partial charge >= 0.3 is 0 Å². The molecule has 1 amide bonds. The van der Waals surface area contributed by atoms with Gasteiger partial charge in [0.05, 0.1) is 7.11 Å². The first-order chi connectivity index (χ1) is 7.77. The highest BCUT2D eigenvalue weighted by Crippen LogP contribution is 2.12. The third-order valence-electron chi connectivity index (χ3n) is 1.85. The molecule has 0 bridgehead atoms. The van der Waals surface area contributed by atoms with Crippen LogP contribution in [0.25, 0.3) is 0 Å². The fourth-order valence-corrected chi connectivity index (χ4v) is 1.05. The molecule has 0 aliphatic carbocycles. The summed E-state index contributed by atoms with van der Waals surface area (Å²) in [7, 11) is 1.56. The van der Waals surface area contributed by atoms with Crippen molar-refractivity contribution in [3.05, 3.63) is 42.0 Å². The van der Waals surface area contributed by atoms with Crippen molar-refractivity contribution in [2.24, 2.45) is 5.10 Å². The first-order valence-corrected chi connectivity index (χ1v) is 4.86. The summed E-state index contributed by atoms with van der Waals surface area (Å²) >= 11 is 0. The molecule has 0 aliphatic rings. The van der Waals surface area contributed by atoms with Crippen LogP contribution in [-0.2, 0) is 0 Å². The molecule has 4 heteroatoms. The topological polar surface area (TPSA) is 50.7 Å². The lowest BCUT2D eigenvalue weighted by Gasteiger charge is -2.02. The Bertz CT molecular complexity index is 411. The van der Waals surface area contributed by atoms with E-state index in [0.717, 1.165) is 0 Å². The predicted molar refractivity (Wildman–Crippen MR) is 63.8 cm³/mol. The lowest BCUT2D eigenvalue weighted by atomic mass is 10.2. The van der Waals surface area contributed by atoms with Gasteiger partial charge in [-0.25, -0.2) is 5.43 Å². The Labute approximate surface area is 94.6 Å². The number of carbonyl (C=O) groups is 1. The van der Waals surface area contributed by atoms with Gasteiger partial charge in [-0.2, -0.15) is 5.10 Å². The molecule has 1 aromatic rings. The zero-order chi connectivity index (χ0) is 11.8. The van der Waals surface area contributed by atoms with Crippen molar-refractivity contribution < 1.29 is 9.53 Å². The summed E-state index contributed by atoms with van der Waals surface area (Å²) in [5, 5.41) is 3.74. The van der Waals surface area contributed by atoms with Gasteiger partial charge in [-0.3, -0.25) is 4.79 Å². The molecular weight excluding hydrogens is 204 g/mol. The van der Waals surface area contributed by atoms with Crippen LogP contribution in [0.1, 0.15) is 17.3 Å². The summed E-state index contributed by atoms with van der Waals surface area (Å²) in [6.07, 6.45) is 5.06. The summed E-state index contributed by atoms with van der Waals surface area (Å²) in [6.45, 7) is 1.87. The second-order valence-electron chi connectivity index (χ2n) is 2.98. The average molecular weight is 218 g/mol. The summed E-state index contributed by atoms with van der Waals surface area (Å²) < 4.78 is 5.02. The zero-order valence-corrected chi connectivity index (χ0v) is 9.31. The Morgan fingerprint density at radius 2 is 2.31 bits per heavy atom. The van der Waals surface area contributed by atoms with Gasteiger partial charge in [0.1, 0.15) is 5.75 Å². The van der Waals surface area contributed by atoms with Crippen LogP contribution in [0.2, 0.25) is 0 Å². The highest BCUT2D eigenvalue weighted by atomic mass is 16.5. The Hall–Kier alpha value is -2.10. The largest absolute Gasteiger partial charge is 0.497 e. The third-order valence-corrected chi connectivity index (χ3v) is 1.85. The lowest BCUT2D eigenvalue weighted by Crippen LogP contribution is -2.17. The lowest BCUT2D eigenvalue weighted by molar-refractivity contribution is 0.0955. The fraction of sp³-hybridized carbons (Fsp3) is 0.167. The summed E-state index contributed by atoms with van der Waals surface area (Å²) in [5.74, 6) is 0.379. The number of rotatable bonds is 4. The fourth-order valence-electron chi connectivity index (χ4n) is 1.05. The van der Waals surface area contributed by atoms with Gasteiger partial charge in [0.2, 0.25) is 0 Å². The van der Waals surface area contributed by atoms with Crippen LogP contribution in [0.5, 0.6) is 5.75 Å². The number of methoxy groups -OCH3 is 1. The molecule has 0 saturated carbocycles. The van der Waals surface area contributed by atoms with E-state index in [-0.39, 0.29) is 5.91 Å². The van der Waals surface area contributed by atoms with Crippen molar-refractivity contribution in [3.63, 3.8) is 0 Å². The van der Waals surface area contributed by atoms with Gasteiger partial charge in [0.15, 0.2) is 0 Å². The molecule has 1 N–H and O–H groups in total. The summed E-state index contributed by atoms with van der Waals surface area (Å²) in [5.41, 5.74) is 2.92. The smallest absolute Gasteiger partial charge is 0.271 e. The molecule has 1 aromatic carbocycles. The molecule has 0 unspecified atom stereocenters. The molecule has 0 spiro atoms. The molecular formula is C12H14N2O2. The van der Waals surface area contributed by atoms with Gasteiger partial charge in [-0.15, -0.1) is 0 Å². The van der Waals surface area contributed by atoms with Gasteiger partial charge in [-0.1, -0.05) is 12.1 Å². The number of allylic oxidation sites excluding steroid dienone is 2. The van der Waals surface area contributed by atoms with E-state index in [1.54, 1.807) is 37.5 Å². The Kier molecular flexibility index (Phi) is 4.79. The number of hydrogen-bond donors (Lipinski definition) is 1. The first kappa shape index (κ1) is 12.0. The third kappa shape index (κ3) is 3.57. The molecule has 0 fully saturated rings. The second-order valence-corrected chi connectivity index (χ2v) is 2.98. The maximum Gasteiger partial charge on any atom is 0.271 e. The van der Waals surface area contributed by atoms with Crippen LogP contribution < -0.4 is 10.2 Å². The van der Waals surface area contributed by atoms with E-state index in [2.05, 4.69) is 10.5 Å². The van der Waals surface area contributed by atoms with E-state index in [1.165, 1.54) is 6.21 Å². The van der Waals surface area contributed by atoms with Crippen molar-refractivity contribution in [2.45, 2.75) is 6.92 Å². The maximum absolute atomic E-state index is 11.6. The predicted octanol–water partition coefficient (Wildman–Crippen LogP) is 1.99. The molecule has 0 radical (unpaired) electrons. The minimum absolute atomic E-state index is 0.264. The van der Waals surface area contributed by atoms with Gasteiger partial charge < -0.3 is 4.74 Å². The Morgan fingerprint density at radius 1 is 1.50 bits per heavy atom. The summed E-state index contributed by atoms with van der Waals surface area (Å²) in [4.78, 5) is 11.6. The monoisotopic (exact) mass is 218 g/mol.